The second-order valence-electron chi connectivity index (χ2n) is 7.95. The van der Waals surface area contributed by atoms with Gasteiger partial charge in [0.1, 0.15) is 11.5 Å². The summed E-state index contributed by atoms with van der Waals surface area (Å²) in [7, 11) is 0. The molecular formula is C28H30O. The average molecular weight is 383 g/mol. The van der Waals surface area contributed by atoms with Crippen molar-refractivity contribution in [3.63, 3.8) is 0 Å². The molecule has 0 amide bonds. The van der Waals surface area contributed by atoms with E-state index >= 15 is 0 Å². The van der Waals surface area contributed by atoms with Gasteiger partial charge in [-0.2, -0.15) is 0 Å². The van der Waals surface area contributed by atoms with Gasteiger partial charge in [0.05, 0.1) is 0 Å². The molecule has 0 aliphatic rings. The second-order valence-corrected chi connectivity index (χ2v) is 7.95. The Morgan fingerprint density at radius 1 is 0.414 bits per heavy atom. The van der Waals surface area contributed by atoms with E-state index in [-0.39, 0.29) is 0 Å². The van der Waals surface area contributed by atoms with E-state index in [1.807, 2.05) is 18.2 Å². The van der Waals surface area contributed by atoms with Crippen LogP contribution in [-0.2, 0) is 0 Å². The maximum absolute atomic E-state index is 5.77. The lowest BCUT2D eigenvalue weighted by Crippen LogP contribution is -1.86. The van der Waals surface area contributed by atoms with E-state index in [4.69, 9.17) is 4.74 Å². The Morgan fingerprint density at radius 3 is 1.62 bits per heavy atom. The van der Waals surface area contributed by atoms with Crippen molar-refractivity contribution < 1.29 is 4.74 Å². The van der Waals surface area contributed by atoms with E-state index in [2.05, 4.69) is 96.1 Å². The summed E-state index contributed by atoms with van der Waals surface area (Å²) in [6.45, 7) is 12.7. The summed E-state index contributed by atoms with van der Waals surface area (Å²) in [4.78, 5) is 0. The summed E-state index contributed by atoms with van der Waals surface area (Å²) in [6, 6.07) is 25.3. The van der Waals surface area contributed by atoms with Crippen molar-refractivity contribution in [1.29, 1.82) is 0 Å². The fraction of sp³-hybridized carbons (Fsp3) is 0.214. The highest BCUT2D eigenvalue weighted by Crippen LogP contribution is 2.24. The van der Waals surface area contributed by atoms with Crippen LogP contribution in [0.15, 0.2) is 72.8 Å². The molecule has 0 fully saturated rings. The van der Waals surface area contributed by atoms with Crippen LogP contribution in [0.5, 0.6) is 11.5 Å². The maximum Gasteiger partial charge on any atom is 0.127 e. The quantitative estimate of drug-likeness (QED) is 0.340. The third-order valence-corrected chi connectivity index (χ3v) is 5.34. The molecule has 0 spiro atoms. The van der Waals surface area contributed by atoms with Gasteiger partial charge in [0, 0.05) is 0 Å². The lowest BCUT2D eigenvalue weighted by atomic mass is 10.0. The van der Waals surface area contributed by atoms with Crippen LogP contribution in [0.4, 0.5) is 0 Å². The predicted octanol–water partition coefficient (Wildman–Crippen LogP) is 8.17. The first kappa shape index (κ1) is 20.7. The van der Waals surface area contributed by atoms with Crippen LogP contribution in [0.1, 0.15) is 33.4 Å². The molecule has 0 unspecified atom stereocenters. The summed E-state index contributed by atoms with van der Waals surface area (Å²) in [5.41, 5.74) is 7.86. The molecule has 0 saturated heterocycles. The molecule has 1 heteroatoms. The molecule has 0 aliphatic heterocycles. The van der Waals surface area contributed by atoms with Gasteiger partial charge < -0.3 is 4.74 Å². The smallest absolute Gasteiger partial charge is 0.127 e. The van der Waals surface area contributed by atoms with Crippen LogP contribution < -0.4 is 4.74 Å². The molecule has 0 N–H and O–H groups in total. The van der Waals surface area contributed by atoms with Gasteiger partial charge in [-0.15, -0.1) is 0 Å². The molecule has 0 saturated carbocycles. The Morgan fingerprint density at radius 2 is 0.966 bits per heavy atom. The minimum absolute atomic E-state index is 0.883. The van der Waals surface area contributed by atoms with Gasteiger partial charge in [-0.05, 0) is 98.8 Å². The van der Waals surface area contributed by atoms with Crippen LogP contribution in [0, 0.1) is 41.5 Å². The Labute approximate surface area is 175 Å². The first-order valence-corrected chi connectivity index (χ1v) is 10.1. The Balaban J connectivity index is 0.000000169. The monoisotopic (exact) mass is 382 g/mol. The minimum Gasteiger partial charge on any atom is -0.457 e. The first-order valence-electron chi connectivity index (χ1n) is 10.1. The zero-order valence-electron chi connectivity index (χ0n) is 18.3. The van der Waals surface area contributed by atoms with Crippen molar-refractivity contribution in [2.24, 2.45) is 0 Å². The summed E-state index contributed by atoms with van der Waals surface area (Å²) >= 11 is 0. The molecule has 0 bridgehead atoms. The molecule has 0 aliphatic carbocycles. The maximum atomic E-state index is 5.77. The number of benzene rings is 4. The zero-order chi connectivity index (χ0) is 21.0. The van der Waals surface area contributed by atoms with Gasteiger partial charge in [-0.3, -0.25) is 0 Å². The number of hydrogen-bond donors (Lipinski definition) is 0. The SMILES string of the molecule is Cc1ccc(Oc2ccc(C)c(C)c2)cc1.Cc1ccc2cc(C)c(C)cc2c1. The van der Waals surface area contributed by atoms with Crippen molar-refractivity contribution in [2.75, 3.05) is 0 Å². The van der Waals surface area contributed by atoms with Gasteiger partial charge in [0.25, 0.3) is 0 Å². The summed E-state index contributed by atoms with van der Waals surface area (Å²) in [6.07, 6.45) is 0. The number of hydrogen-bond acceptors (Lipinski definition) is 1. The zero-order valence-corrected chi connectivity index (χ0v) is 18.3. The van der Waals surface area contributed by atoms with Crippen LogP contribution in [0.3, 0.4) is 0 Å². The highest BCUT2D eigenvalue weighted by atomic mass is 16.5. The molecule has 0 radical (unpaired) electrons. The van der Waals surface area contributed by atoms with E-state index in [0.717, 1.165) is 11.5 Å². The topological polar surface area (TPSA) is 9.23 Å². The van der Waals surface area contributed by atoms with E-state index in [9.17, 15) is 0 Å². The van der Waals surface area contributed by atoms with Crippen molar-refractivity contribution in [1.82, 2.24) is 0 Å². The molecule has 0 aromatic heterocycles. The lowest BCUT2D eigenvalue weighted by Gasteiger charge is -2.08. The molecule has 1 nitrogen and oxygen atoms in total. The summed E-state index contributed by atoms with van der Waals surface area (Å²) < 4.78 is 5.77. The Bertz CT molecular complexity index is 1120. The van der Waals surface area contributed by atoms with Crippen molar-refractivity contribution in [2.45, 2.75) is 41.5 Å². The summed E-state index contributed by atoms with van der Waals surface area (Å²) in [5.74, 6) is 1.78. The van der Waals surface area contributed by atoms with Gasteiger partial charge in [0.2, 0.25) is 0 Å². The standard InChI is InChI=1S/C15H16O.C13H14/c1-11-4-7-14(8-5-11)16-15-9-6-12(2)13(3)10-15;1-9-4-5-12-7-10(2)11(3)8-13(12)6-9/h4-10H,1-3H3;4-8H,1-3H3. The lowest BCUT2D eigenvalue weighted by molar-refractivity contribution is 0.482. The predicted molar refractivity (Wildman–Crippen MR) is 125 cm³/mol. The van der Waals surface area contributed by atoms with Crippen molar-refractivity contribution >= 4 is 10.8 Å². The highest BCUT2D eigenvalue weighted by molar-refractivity contribution is 5.84. The normalized spacial score (nSPS) is 10.4. The van der Waals surface area contributed by atoms with E-state index in [1.54, 1.807) is 0 Å². The number of fused-ring (bicyclic) bond motifs is 1. The number of rotatable bonds is 2. The van der Waals surface area contributed by atoms with Gasteiger partial charge >= 0.3 is 0 Å². The largest absolute Gasteiger partial charge is 0.457 e. The minimum atomic E-state index is 0.883. The van der Waals surface area contributed by atoms with Gasteiger partial charge in [-0.1, -0.05) is 59.7 Å². The number of aryl methyl sites for hydroxylation is 6. The summed E-state index contributed by atoms with van der Waals surface area (Å²) in [5, 5.41) is 2.69. The van der Waals surface area contributed by atoms with E-state index in [1.165, 1.54) is 44.2 Å². The molecule has 0 atom stereocenters. The average Bonchev–Trinajstić information content (AvgIpc) is 2.68. The van der Waals surface area contributed by atoms with Crippen LogP contribution in [0.2, 0.25) is 0 Å². The second kappa shape index (κ2) is 8.96. The fourth-order valence-corrected chi connectivity index (χ4v) is 3.16. The third kappa shape index (κ3) is 5.48. The molecule has 29 heavy (non-hydrogen) atoms. The molecule has 4 aromatic rings. The highest BCUT2D eigenvalue weighted by Gasteiger charge is 1.99. The molecule has 0 heterocycles. The third-order valence-electron chi connectivity index (χ3n) is 5.34. The van der Waals surface area contributed by atoms with Gasteiger partial charge in [-0.25, -0.2) is 0 Å². The van der Waals surface area contributed by atoms with E-state index in [0.29, 0.717) is 0 Å². The van der Waals surface area contributed by atoms with Crippen molar-refractivity contribution in [3.05, 3.63) is 106 Å². The van der Waals surface area contributed by atoms with Gasteiger partial charge in [0.15, 0.2) is 0 Å². The van der Waals surface area contributed by atoms with Crippen LogP contribution in [-0.4, -0.2) is 0 Å². The first-order chi connectivity index (χ1) is 13.8. The molecule has 4 rings (SSSR count). The van der Waals surface area contributed by atoms with Crippen molar-refractivity contribution in [3.8, 4) is 11.5 Å². The molecule has 4 aromatic carbocycles. The van der Waals surface area contributed by atoms with E-state index < -0.39 is 0 Å². The molecular weight excluding hydrogens is 352 g/mol. The Kier molecular flexibility index (Phi) is 6.39. The van der Waals surface area contributed by atoms with Crippen LogP contribution in [0.25, 0.3) is 10.8 Å². The van der Waals surface area contributed by atoms with Crippen LogP contribution >= 0.6 is 0 Å². The fourth-order valence-electron chi connectivity index (χ4n) is 3.16. The molecule has 148 valence electrons. The number of ether oxygens (including phenoxy) is 1. The Hall–Kier alpha value is -3.06.